The van der Waals surface area contributed by atoms with Crippen molar-refractivity contribution in [1.82, 2.24) is 0 Å². The number of hydrogen-bond acceptors (Lipinski definition) is 1. The fourth-order valence-corrected chi connectivity index (χ4v) is 1.33. The maximum atomic E-state index is 8.47. The lowest BCUT2D eigenvalue weighted by atomic mass is 10.1. The van der Waals surface area contributed by atoms with Gasteiger partial charge in [0.25, 0.3) is 0 Å². The number of unbranched alkanes of at least 4 members (excludes halogenated alkanes) is 3. The Kier molecular flexibility index (Phi) is 8.33. The van der Waals surface area contributed by atoms with Crippen molar-refractivity contribution in [3.8, 4) is 0 Å². The van der Waals surface area contributed by atoms with Gasteiger partial charge in [-0.25, -0.2) is 0 Å². The molecule has 0 aromatic heterocycles. The molecule has 0 unspecified atom stereocenters. The van der Waals surface area contributed by atoms with E-state index in [-0.39, 0.29) is 0 Å². The lowest BCUT2D eigenvalue weighted by Crippen LogP contribution is -1.89. The smallest absolute Gasteiger partial charge is 0.0431 e. The number of aliphatic hydroxyl groups excluding tert-OH is 1. The molecular weight excluding hydrogens is 239 g/mol. The summed E-state index contributed by atoms with van der Waals surface area (Å²) in [4.78, 5) is 0. The van der Waals surface area contributed by atoms with Crippen molar-refractivity contribution < 1.29 is 5.11 Å². The van der Waals surface area contributed by atoms with E-state index in [2.05, 4.69) is 29.5 Å². The van der Waals surface area contributed by atoms with Crippen LogP contribution in [-0.4, -0.2) is 15.6 Å². The third-order valence-electron chi connectivity index (χ3n) is 1.51. The summed E-state index contributed by atoms with van der Waals surface area (Å²) >= 11 is 2.45. The minimum absolute atomic E-state index is 0.361. The van der Waals surface area contributed by atoms with Gasteiger partial charge in [-0.2, -0.15) is 0 Å². The molecule has 1 nitrogen and oxygen atoms in total. The number of alkyl halides is 1. The van der Waals surface area contributed by atoms with E-state index in [1.165, 1.54) is 25.7 Å². The van der Waals surface area contributed by atoms with Gasteiger partial charge in [-0.1, -0.05) is 48.8 Å². The van der Waals surface area contributed by atoms with Gasteiger partial charge in [0, 0.05) is 10.5 Å². The van der Waals surface area contributed by atoms with E-state index in [0.717, 1.165) is 10.3 Å². The Hall–Kier alpha value is 0.690. The highest BCUT2D eigenvalue weighted by atomic mass is 127. The molecule has 0 aliphatic rings. The number of hydrogen-bond donors (Lipinski definition) is 1. The summed E-state index contributed by atoms with van der Waals surface area (Å²) in [6, 6.07) is 0. The molecule has 0 bridgehead atoms. The molecule has 0 aliphatic carbocycles. The third kappa shape index (κ3) is 8.69. The maximum Gasteiger partial charge on any atom is 0.0431 e. The van der Waals surface area contributed by atoms with E-state index in [9.17, 15) is 0 Å². The molecule has 0 fully saturated rings. The average molecular weight is 256 g/mol. The Balaban J connectivity index is 2.77. The first-order valence-electron chi connectivity index (χ1n) is 4.02. The lowest BCUT2D eigenvalue weighted by Gasteiger charge is -2.01. The van der Waals surface area contributed by atoms with Crippen molar-refractivity contribution in [2.75, 3.05) is 6.61 Å². The van der Waals surface area contributed by atoms with Crippen LogP contribution in [0.5, 0.6) is 0 Å². The summed E-state index contributed by atoms with van der Waals surface area (Å²) in [6.07, 6.45) is 6.11. The maximum absolute atomic E-state index is 8.47. The monoisotopic (exact) mass is 256 g/mol. The van der Waals surface area contributed by atoms with Crippen LogP contribution in [0, 0.1) is 0 Å². The van der Waals surface area contributed by atoms with Crippen LogP contribution in [-0.2, 0) is 0 Å². The molecule has 0 rings (SSSR count). The molecule has 0 aromatic rings. The molecule has 62 valence electrons. The average Bonchev–Trinajstić information content (AvgIpc) is 1.87. The third-order valence-corrected chi connectivity index (χ3v) is 2.13. The Bertz CT molecular complexity index is 64.3. The first kappa shape index (κ1) is 10.7. The highest BCUT2D eigenvalue weighted by Gasteiger charge is 1.94. The van der Waals surface area contributed by atoms with E-state index >= 15 is 0 Å². The predicted molar refractivity (Wildman–Crippen MR) is 53.7 cm³/mol. The van der Waals surface area contributed by atoms with Crippen molar-refractivity contribution in [2.45, 2.75) is 43.0 Å². The molecule has 0 saturated carbocycles. The Morgan fingerprint density at radius 3 is 2.30 bits per heavy atom. The largest absolute Gasteiger partial charge is 0.396 e. The molecule has 0 heterocycles. The van der Waals surface area contributed by atoms with Crippen LogP contribution in [0.1, 0.15) is 39.0 Å². The highest BCUT2D eigenvalue weighted by molar-refractivity contribution is 14.1. The Morgan fingerprint density at radius 2 is 1.80 bits per heavy atom. The first-order valence-corrected chi connectivity index (χ1v) is 5.27. The first-order chi connectivity index (χ1) is 4.77. The van der Waals surface area contributed by atoms with Crippen LogP contribution < -0.4 is 0 Å². The van der Waals surface area contributed by atoms with Crippen LogP contribution in [0.3, 0.4) is 0 Å². The zero-order chi connectivity index (χ0) is 7.82. The van der Waals surface area contributed by atoms with Gasteiger partial charge in [0.2, 0.25) is 0 Å². The van der Waals surface area contributed by atoms with Gasteiger partial charge in [0.1, 0.15) is 0 Å². The molecule has 0 amide bonds. The van der Waals surface area contributed by atoms with Crippen LogP contribution in [0.4, 0.5) is 0 Å². The van der Waals surface area contributed by atoms with E-state index < -0.39 is 0 Å². The minimum atomic E-state index is 0.361. The number of rotatable bonds is 6. The van der Waals surface area contributed by atoms with Crippen molar-refractivity contribution in [3.63, 3.8) is 0 Å². The quantitative estimate of drug-likeness (QED) is 0.440. The molecule has 1 N–H and O–H groups in total. The molecule has 1 atom stereocenters. The second-order valence-corrected chi connectivity index (χ2v) is 4.83. The van der Waals surface area contributed by atoms with Crippen molar-refractivity contribution in [3.05, 3.63) is 0 Å². The van der Waals surface area contributed by atoms with E-state index in [0.29, 0.717) is 6.61 Å². The number of aliphatic hydroxyl groups is 1. The molecule has 10 heavy (non-hydrogen) atoms. The van der Waals surface area contributed by atoms with E-state index in [1.807, 2.05) is 0 Å². The van der Waals surface area contributed by atoms with Crippen LogP contribution in [0.15, 0.2) is 0 Å². The van der Waals surface area contributed by atoms with Gasteiger partial charge in [-0.15, -0.1) is 0 Å². The number of halogens is 1. The van der Waals surface area contributed by atoms with E-state index in [1.54, 1.807) is 0 Å². The normalized spacial score (nSPS) is 13.5. The van der Waals surface area contributed by atoms with Crippen LogP contribution in [0.25, 0.3) is 0 Å². The molecule has 0 radical (unpaired) electrons. The zero-order valence-electron chi connectivity index (χ0n) is 6.65. The lowest BCUT2D eigenvalue weighted by molar-refractivity contribution is 0.282. The summed E-state index contributed by atoms with van der Waals surface area (Å²) in [6.45, 7) is 2.60. The summed E-state index contributed by atoms with van der Waals surface area (Å²) in [5, 5.41) is 8.47. The topological polar surface area (TPSA) is 20.2 Å². The van der Waals surface area contributed by atoms with Crippen LogP contribution >= 0.6 is 22.6 Å². The Labute approximate surface area is 77.3 Å². The second kappa shape index (κ2) is 7.79. The molecular formula is C8H17IO. The van der Waals surface area contributed by atoms with Crippen molar-refractivity contribution in [1.29, 1.82) is 0 Å². The fourth-order valence-electron chi connectivity index (χ4n) is 0.891. The SMILES string of the molecule is C[C@@H](I)CCCCCCO. The second-order valence-electron chi connectivity index (χ2n) is 2.71. The van der Waals surface area contributed by atoms with Gasteiger partial charge in [0.15, 0.2) is 0 Å². The fraction of sp³-hybridized carbons (Fsp3) is 1.00. The summed E-state index contributed by atoms with van der Waals surface area (Å²) in [7, 11) is 0. The summed E-state index contributed by atoms with van der Waals surface area (Å²) in [5.74, 6) is 0. The minimum Gasteiger partial charge on any atom is -0.396 e. The van der Waals surface area contributed by atoms with Gasteiger partial charge in [0.05, 0.1) is 0 Å². The van der Waals surface area contributed by atoms with E-state index in [4.69, 9.17) is 5.11 Å². The highest BCUT2D eigenvalue weighted by Crippen LogP contribution is 2.10. The molecule has 0 saturated heterocycles. The Morgan fingerprint density at radius 1 is 1.20 bits per heavy atom. The standard InChI is InChI=1S/C8H17IO/c1-8(9)6-4-2-3-5-7-10/h8,10H,2-7H2,1H3/t8-/m1/s1. The molecule has 2 heteroatoms. The van der Waals surface area contributed by atoms with Crippen LogP contribution in [0.2, 0.25) is 0 Å². The van der Waals surface area contributed by atoms with Crippen molar-refractivity contribution >= 4 is 22.6 Å². The van der Waals surface area contributed by atoms with Gasteiger partial charge >= 0.3 is 0 Å². The summed E-state index contributed by atoms with van der Waals surface area (Å²) < 4.78 is 0.812. The van der Waals surface area contributed by atoms with Crippen molar-refractivity contribution in [2.24, 2.45) is 0 Å². The van der Waals surface area contributed by atoms with Gasteiger partial charge in [-0.3, -0.25) is 0 Å². The van der Waals surface area contributed by atoms with Gasteiger partial charge in [-0.05, 0) is 12.8 Å². The van der Waals surface area contributed by atoms with Gasteiger partial charge < -0.3 is 5.11 Å². The zero-order valence-corrected chi connectivity index (χ0v) is 8.80. The summed E-state index contributed by atoms with van der Waals surface area (Å²) in [5.41, 5.74) is 0. The molecule has 0 aromatic carbocycles. The molecule has 0 spiro atoms. The molecule has 0 aliphatic heterocycles. The predicted octanol–water partition coefficient (Wildman–Crippen LogP) is 2.75.